The molecule has 0 amide bonds. The van der Waals surface area contributed by atoms with Gasteiger partial charge in [0.2, 0.25) is 10.0 Å². The second-order valence-electron chi connectivity index (χ2n) is 7.09. The summed E-state index contributed by atoms with van der Waals surface area (Å²) < 4.78 is 34.0. The molecule has 8 heteroatoms. The van der Waals surface area contributed by atoms with E-state index in [-0.39, 0.29) is 23.8 Å². The van der Waals surface area contributed by atoms with E-state index in [1.165, 1.54) is 16.4 Å². The van der Waals surface area contributed by atoms with E-state index in [0.29, 0.717) is 22.5 Å². The van der Waals surface area contributed by atoms with Gasteiger partial charge in [-0.25, -0.2) is 13.2 Å². The van der Waals surface area contributed by atoms with Gasteiger partial charge in [0, 0.05) is 24.3 Å². The van der Waals surface area contributed by atoms with Crippen molar-refractivity contribution in [1.82, 2.24) is 8.87 Å². The number of rotatable bonds is 8. The molecule has 1 aromatic heterocycles. The third-order valence-corrected chi connectivity index (χ3v) is 6.94. The third-order valence-electron chi connectivity index (χ3n) is 4.90. The average molecular weight is 421 g/mol. The zero-order chi connectivity index (χ0) is 21.9. The zero-order valence-electron chi connectivity index (χ0n) is 17.7. The SMILES string of the molecule is CCOC(=O)c1c(C)c(C(=O)CN(C(C)C)S(=O)(=O)c2ccccc2)c(C)n1C. The van der Waals surface area contributed by atoms with E-state index in [2.05, 4.69) is 0 Å². The number of Topliss-reactive ketones (excluding diaryl/α,β-unsaturated/α-hetero) is 1. The van der Waals surface area contributed by atoms with Gasteiger partial charge in [-0.1, -0.05) is 18.2 Å². The number of ether oxygens (including phenoxy) is 1. The van der Waals surface area contributed by atoms with Crippen molar-refractivity contribution in [2.24, 2.45) is 7.05 Å². The molecule has 0 unspecified atom stereocenters. The monoisotopic (exact) mass is 420 g/mol. The number of nitrogens with zero attached hydrogens (tertiary/aromatic N) is 2. The number of ketones is 1. The largest absolute Gasteiger partial charge is 0.461 e. The van der Waals surface area contributed by atoms with E-state index in [1.54, 1.807) is 64.4 Å². The van der Waals surface area contributed by atoms with E-state index in [4.69, 9.17) is 4.74 Å². The van der Waals surface area contributed by atoms with Crippen LogP contribution in [0.5, 0.6) is 0 Å². The Morgan fingerprint density at radius 1 is 1.14 bits per heavy atom. The van der Waals surface area contributed by atoms with Crippen LogP contribution in [0, 0.1) is 13.8 Å². The molecule has 0 aliphatic heterocycles. The Bertz CT molecular complexity index is 1010. The lowest BCUT2D eigenvalue weighted by Crippen LogP contribution is -2.40. The molecule has 7 nitrogen and oxygen atoms in total. The number of esters is 1. The highest BCUT2D eigenvalue weighted by Gasteiger charge is 2.32. The van der Waals surface area contributed by atoms with Crippen LogP contribution in [0.1, 0.15) is 52.9 Å². The minimum atomic E-state index is -3.84. The van der Waals surface area contributed by atoms with Crippen molar-refractivity contribution in [2.75, 3.05) is 13.2 Å². The summed E-state index contributed by atoms with van der Waals surface area (Å²) in [5, 5.41) is 0. The summed E-state index contributed by atoms with van der Waals surface area (Å²) in [4.78, 5) is 25.6. The van der Waals surface area contributed by atoms with E-state index in [0.717, 1.165) is 0 Å². The van der Waals surface area contributed by atoms with Crippen LogP contribution in [0.15, 0.2) is 35.2 Å². The second kappa shape index (κ2) is 8.92. The van der Waals surface area contributed by atoms with E-state index >= 15 is 0 Å². The van der Waals surface area contributed by atoms with E-state index in [9.17, 15) is 18.0 Å². The number of hydrogen-bond acceptors (Lipinski definition) is 5. The van der Waals surface area contributed by atoms with Gasteiger partial charge in [0.15, 0.2) is 5.78 Å². The molecule has 158 valence electrons. The minimum absolute atomic E-state index is 0.134. The maximum absolute atomic E-state index is 13.2. The Morgan fingerprint density at radius 2 is 1.72 bits per heavy atom. The van der Waals surface area contributed by atoms with Gasteiger partial charge in [-0.2, -0.15) is 4.31 Å². The number of benzene rings is 1. The first-order chi connectivity index (χ1) is 13.5. The predicted molar refractivity (Wildman–Crippen MR) is 111 cm³/mol. The topological polar surface area (TPSA) is 85.7 Å². The summed E-state index contributed by atoms with van der Waals surface area (Å²) in [5.74, 6) is -0.869. The number of sulfonamides is 1. The molecule has 0 fully saturated rings. The smallest absolute Gasteiger partial charge is 0.355 e. The molecular formula is C21H28N2O5S. The maximum atomic E-state index is 13.2. The molecule has 0 bridgehead atoms. The van der Waals surface area contributed by atoms with Crippen LogP contribution in [-0.4, -0.2) is 48.2 Å². The van der Waals surface area contributed by atoms with Crippen molar-refractivity contribution < 1.29 is 22.7 Å². The van der Waals surface area contributed by atoms with Crippen LogP contribution in [0.25, 0.3) is 0 Å². The Kier molecular flexibility index (Phi) is 7.02. The Balaban J connectivity index is 2.44. The highest BCUT2D eigenvalue weighted by atomic mass is 32.2. The van der Waals surface area contributed by atoms with Crippen LogP contribution in [0.2, 0.25) is 0 Å². The molecule has 0 atom stereocenters. The normalized spacial score (nSPS) is 11.9. The molecule has 1 aromatic carbocycles. The predicted octanol–water partition coefficient (Wildman–Crippen LogP) is 3.10. The number of hydrogen-bond donors (Lipinski definition) is 0. The summed E-state index contributed by atoms with van der Waals surface area (Å²) in [5.41, 5.74) is 1.74. The van der Waals surface area contributed by atoms with Crippen LogP contribution < -0.4 is 0 Å². The van der Waals surface area contributed by atoms with Crippen molar-refractivity contribution in [2.45, 2.75) is 45.6 Å². The first kappa shape index (κ1) is 22.8. The van der Waals surface area contributed by atoms with Crippen LogP contribution >= 0.6 is 0 Å². The Labute approximate surface area is 172 Å². The minimum Gasteiger partial charge on any atom is -0.461 e. The molecule has 0 saturated carbocycles. The fraction of sp³-hybridized carbons (Fsp3) is 0.429. The summed E-state index contributed by atoms with van der Waals surface area (Å²) in [6, 6.07) is 7.62. The highest BCUT2D eigenvalue weighted by Crippen LogP contribution is 2.25. The van der Waals surface area contributed by atoms with E-state index in [1.807, 2.05) is 0 Å². The summed E-state index contributed by atoms with van der Waals surface area (Å²) in [6.45, 7) is 8.48. The molecule has 0 saturated heterocycles. The maximum Gasteiger partial charge on any atom is 0.355 e. The number of aromatic nitrogens is 1. The van der Waals surface area contributed by atoms with Gasteiger partial charge in [-0.05, 0) is 52.3 Å². The highest BCUT2D eigenvalue weighted by molar-refractivity contribution is 7.89. The molecule has 0 radical (unpaired) electrons. The molecule has 0 spiro atoms. The third kappa shape index (κ3) is 4.43. The molecular weight excluding hydrogens is 392 g/mol. The van der Waals surface area contributed by atoms with Crippen molar-refractivity contribution in [3.8, 4) is 0 Å². The zero-order valence-corrected chi connectivity index (χ0v) is 18.5. The van der Waals surface area contributed by atoms with E-state index < -0.39 is 22.0 Å². The standard InChI is InChI=1S/C21H28N2O5S/c1-7-28-21(25)20-15(4)19(16(5)22(20)6)18(24)13-23(14(2)3)29(26,27)17-11-9-8-10-12-17/h8-12,14H,7,13H2,1-6H3. The van der Waals surface area contributed by atoms with Crippen LogP contribution in [0.4, 0.5) is 0 Å². The molecule has 2 aromatic rings. The molecule has 0 aliphatic carbocycles. The van der Waals surface area contributed by atoms with Gasteiger partial charge in [0.25, 0.3) is 0 Å². The van der Waals surface area contributed by atoms with Crippen molar-refractivity contribution in [1.29, 1.82) is 0 Å². The first-order valence-electron chi connectivity index (χ1n) is 9.47. The summed E-state index contributed by atoms with van der Waals surface area (Å²) in [6.07, 6.45) is 0. The number of carbonyl (C=O) groups is 2. The van der Waals surface area contributed by atoms with Gasteiger partial charge < -0.3 is 9.30 Å². The van der Waals surface area contributed by atoms with Gasteiger partial charge >= 0.3 is 5.97 Å². The molecule has 2 rings (SSSR count). The van der Waals surface area contributed by atoms with Crippen LogP contribution in [0.3, 0.4) is 0 Å². The first-order valence-corrected chi connectivity index (χ1v) is 10.9. The molecule has 1 heterocycles. The molecule has 0 aliphatic rings. The lowest BCUT2D eigenvalue weighted by molar-refractivity contribution is 0.0514. The van der Waals surface area contributed by atoms with Gasteiger partial charge in [0.05, 0.1) is 18.0 Å². The molecule has 29 heavy (non-hydrogen) atoms. The van der Waals surface area contributed by atoms with Gasteiger partial charge in [-0.15, -0.1) is 0 Å². The summed E-state index contributed by atoms with van der Waals surface area (Å²) in [7, 11) is -2.16. The van der Waals surface area contributed by atoms with Crippen molar-refractivity contribution in [3.05, 3.63) is 52.8 Å². The lowest BCUT2D eigenvalue weighted by Gasteiger charge is -2.25. The Morgan fingerprint density at radius 3 is 2.24 bits per heavy atom. The average Bonchev–Trinajstić information content (AvgIpc) is 2.89. The quantitative estimate of drug-likeness (QED) is 0.484. The number of carbonyl (C=O) groups excluding carboxylic acids is 2. The lowest BCUT2D eigenvalue weighted by atomic mass is 10.1. The van der Waals surface area contributed by atoms with Gasteiger partial charge in [-0.3, -0.25) is 4.79 Å². The molecule has 0 N–H and O–H groups in total. The fourth-order valence-electron chi connectivity index (χ4n) is 3.37. The van der Waals surface area contributed by atoms with Crippen LogP contribution in [-0.2, 0) is 21.8 Å². The van der Waals surface area contributed by atoms with Crippen molar-refractivity contribution in [3.63, 3.8) is 0 Å². The Hall–Kier alpha value is -2.45. The second-order valence-corrected chi connectivity index (χ2v) is 8.98. The van der Waals surface area contributed by atoms with Gasteiger partial charge in [0.1, 0.15) is 5.69 Å². The van der Waals surface area contributed by atoms with Crippen molar-refractivity contribution >= 4 is 21.8 Å². The summed E-state index contributed by atoms with van der Waals surface area (Å²) >= 11 is 0. The fourth-order valence-corrected chi connectivity index (χ4v) is 4.98.